The van der Waals surface area contributed by atoms with Crippen molar-refractivity contribution in [3.8, 4) is 0 Å². The van der Waals surface area contributed by atoms with Crippen LogP contribution >= 0.6 is 0 Å². The van der Waals surface area contributed by atoms with Crippen molar-refractivity contribution in [2.75, 3.05) is 0 Å². The van der Waals surface area contributed by atoms with Crippen molar-refractivity contribution in [3.63, 3.8) is 0 Å². The molecule has 0 aromatic heterocycles. The Hall–Kier alpha value is 0.177. The van der Waals surface area contributed by atoms with Crippen LogP contribution in [0.15, 0.2) is 0 Å². The van der Waals surface area contributed by atoms with E-state index in [1.54, 1.807) is 0 Å². The summed E-state index contributed by atoms with van der Waals surface area (Å²) in [7, 11) is -2.01. The van der Waals surface area contributed by atoms with E-state index in [1.165, 1.54) is 134 Å². The summed E-state index contributed by atoms with van der Waals surface area (Å²) in [5.74, 6) is 2.55. The topological polar surface area (TPSA) is 20.2 Å². The fourth-order valence-electron chi connectivity index (χ4n) is 4.99. The highest BCUT2D eigenvalue weighted by molar-refractivity contribution is 6.72. The molecule has 1 N–H and O–H groups in total. The molecule has 0 radical (unpaired) electrons. The first kappa shape index (κ1) is 32.2. The maximum absolute atomic E-state index is 11.6. The molecule has 0 aromatic rings. The van der Waals surface area contributed by atoms with E-state index in [4.69, 9.17) is 0 Å². The van der Waals surface area contributed by atoms with E-state index in [2.05, 4.69) is 41.5 Å². The van der Waals surface area contributed by atoms with Gasteiger partial charge in [0.2, 0.25) is 0 Å². The van der Waals surface area contributed by atoms with Gasteiger partial charge in [-0.1, -0.05) is 157 Å². The Kier molecular flexibility index (Phi) is 21.8. The van der Waals surface area contributed by atoms with Crippen LogP contribution in [0, 0.1) is 17.8 Å². The molecule has 0 fully saturated rings. The third kappa shape index (κ3) is 23.3. The zero-order valence-corrected chi connectivity index (χ0v) is 24.5. The summed E-state index contributed by atoms with van der Waals surface area (Å²) in [5, 5.41) is 0. The fraction of sp³-hybridized carbons (Fsp3) is 1.00. The Bertz CT molecular complexity index is 322. The molecule has 32 heavy (non-hydrogen) atoms. The summed E-state index contributed by atoms with van der Waals surface area (Å²) < 4.78 is 0. The van der Waals surface area contributed by atoms with Crippen LogP contribution < -0.4 is 0 Å². The normalized spacial score (nSPS) is 12.6. The van der Waals surface area contributed by atoms with Crippen LogP contribution in [-0.4, -0.2) is 13.1 Å². The lowest BCUT2D eigenvalue weighted by molar-refractivity contribution is 0.484. The molecule has 0 spiro atoms. The van der Waals surface area contributed by atoms with Gasteiger partial charge in [-0.05, 0) is 35.9 Å². The molecule has 0 aliphatic carbocycles. The Labute approximate surface area is 206 Å². The van der Waals surface area contributed by atoms with Crippen molar-refractivity contribution in [1.29, 1.82) is 0 Å². The van der Waals surface area contributed by atoms with E-state index in [9.17, 15) is 4.80 Å². The van der Waals surface area contributed by atoms with Gasteiger partial charge in [0, 0.05) is 0 Å². The fourth-order valence-corrected chi connectivity index (χ4v) is 8.46. The summed E-state index contributed by atoms with van der Waals surface area (Å²) in [4.78, 5) is 11.6. The highest BCUT2D eigenvalue weighted by Crippen LogP contribution is 2.28. The number of hydrogen-bond donors (Lipinski definition) is 1. The summed E-state index contributed by atoms with van der Waals surface area (Å²) in [6.07, 6.45) is 24.5. The summed E-state index contributed by atoms with van der Waals surface area (Å²) in [5.41, 5.74) is 0. The average Bonchev–Trinajstić information content (AvgIpc) is 2.71. The SMILES string of the molecule is CC(C)CCCCCCC[Si](O)(CCCCCCCC(C)C)CCCCCCCC(C)C. The van der Waals surface area contributed by atoms with Crippen LogP contribution in [0.2, 0.25) is 18.1 Å². The molecule has 0 saturated carbocycles. The lowest BCUT2D eigenvalue weighted by Crippen LogP contribution is -2.34. The lowest BCUT2D eigenvalue weighted by Gasteiger charge is -2.25. The Morgan fingerprint density at radius 3 is 0.844 bits per heavy atom. The Morgan fingerprint density at radius 2 is 0.594 bits per heavy atom. The van der Waals surface area contributed by atoms with E-state index in [-0.39, 0.29) is 0 Å². The Balaban J connectivity index is 4.12. The quantitative estimate of drug-likeness (QED) is 0.110. The van der Waals surface area contributed by atoms with Crippen LogP contribution in [0.25, 0.3) is 0 Å². The standard InChI is InChI=1S/C30H64OSi/c1-28(2)22-16-10-7-13-19-25-32(31,26-20-14-8-11-17-23-29(3)4)27-21-15-9-12-18-24-30(5)6/h28-31H,7-27H2,1-6H3. The largest absolute Gasteiger partial charge is 0.432 e. The smallest absolute Gasteiger partial charge is 0.188 e. The molecule has 0 atom stereocenters. The Morgan fingerprint density at radius 1 is 0.375 bits per heavy atom. The molecule has 0 aromatic carbocycles. The first-order valence-corrected chi connectivity index (χ1v) is 17.5. The molecule has 0 aliphatic rings. The van der Waals surface area contributed by atoms with Gasteiger partial charge in [-0.15, -0.1) is 0 Å². The minimum atomic E-state index is -2.01. The monoisotopic (exact) mass is 468 g/mol. The van der Waals surface area contributed by atoms with Crippen molar-refractivity contribution in [1.82, 2.24) is 0 Å². The molecule has 1 nitrogen and oxygen atoms in total. The van der Waals surface area contributed by atoms with Crippen LogP contribution in [-0.2, 0) is 0 Å². The van der Waals surface area contributed by atoms with E-state index >= 15 is 0 Å². The number of hydrogen-bond acceptors (Lipinski definition) is 1. The van der Waals surface area contributed by atoms with Gasteiger partial charge in [-0.2, -0.15) is 0 Å². The highest BCUT2D eigenvalue weighted by Gasteiger charge is 2.29. The maximum Gasteiger partial charge on any atom is 0.188 e. The van der Waals surface area contributed by atoms with Crippen molar-refractivity contribution >= 4 is 8.32 Å². The van der Waals surface area contributed by atoms with Gasteiger partial charge >= 0.3 is 0 Å². The molecule has 2 heteroatoms. The minimum Gasteiger partial charge on any atom is -0.432 e. The zero-order valence-electron chi connectivity index (χ0n) is 23.5. The minimum absolute atomic E-state index is 0.850. The molecule has 0 unspecified atom stereocenters. The van der Waals surface area contributed by atoms with Gasteiger partial charge < -0.3 is 4.80 Å². The average molecular weight is 469 g/mol. The van der Waals surface area contributed by atoms with Crippen LogP contribution in [0.3, 0.4) is 0 Å². The van der Waals surface area contributed by atoms with E-state index in [0.717, 1.165) is 17.8 Å². The van der Waals surface area contributed by atoms with E-state index in [0.29, 0.717) is 0 Å². The van der Waals surface area contributed by atoms with Gasteiger partial charge in [0.1, 0.15) is 0 Å². The van der Waals surface area contributed by atoms with Crippen LogP contribution in [0.1, 0.15) is 157 Å². The maximum atomic E-state index is 11.6. The molecule has 0 bridgehead atoms. The summed E-state index contributed by atoms with van der Waals surface area (Å²) in [6.45, 7) is 14.0. The number of unbranched alkanes of at least 4 members (excludes halogenated alkanes) is 12. The highest BCUT2D eigenvalue weighted by atomic mass is 28.4. The third-order valence-electron chi connectivity index (χ3n) is 7.27. The van der Waals surface area contributed by atoms with Crippen LogP contribution in [0.4, 0.5) is 0 Å². The molecule has 194 valence electrons. The first-order chi connectivity index (χ1) is 15.2. The van der Waals surface area contributed by atoms with E-state index < -0.39 is 8.32 Å². The van der Waals surface area contributed by atoms with E-state index in [1.807, 2.05) is 0 Å². The molecular formula is C30H64OSi. The van der Waals surface area contributed by atoms with Crippen molar-refractivity contribution in [3.05, 3.63) is 0 Å². The summed E-state index contributed by atoms with van der Waals surface area (Å²) in [6, 6.07) is 3.54. The third-order valence-corrected chi connectivity index (χ3v) is 11.1. The van der Waals surface area contributed by atoms with Gasteiger partial charge in [0.25, 0.3) is 0 Å². The van der Waals surface area contributed by atoms with Crippen molar-refractivity contribution in [2.45, 2.75) is 175 Å². The van der Waals surface area contributed by atoms with Gasteiger partial charge in [-0.25, -0.2) is 0 Å². The van der Waals surface area contributed by atoms with Crippen molar-refractivity contribution in [2.24, 2.45) is 17.8 Å². The molecule has 0 rings (SSSR count). The van der Waals surface area contributed by atoms with Gasteiger partial charge in [-0.3, -0.25) is 0 Å². The predicted molar refractivity (Wildman–Crippen MR) is 150 cm³/mol. The predicted octanol–water partition coefficient (Wildman–Crippen LogP) is 10.9. The second-order valence-corrected chi connectivity index (χ2v) is 16.3. The lowest BCUT2D eigenvalue weighted by atomic mass is 10.0. The zero-order chi connectivity index (χ0) is 24.1. The molecular weight excluding hydrogens is 404 g/mol. The van der Waals surface area contributed by atoms with Gasteiger partial charge in [0.15, 0.2) is 8.32 Å². The molecule has 0 heterocycles. The number of rotatable bonds is 24. The molecule has 0 amide bonds. The second-order valence-electron chi connectivity index (χ2n) is 12.3. The first-order valence-electron chi connectivity index (χ1n) is 15.0. The van der Waals surface area contributed by atoms with Crippen LogP contribution in [0.5, 0.6) is 0 Å². The molecule has 0 aliphatic heterocycles. The van der Waals surface area contributed by atoms with Crippen molar-refractivity contribution < 1.29 is 4.80 Å². The summed E-state index contributed by atoms with van der Waals surface area (Å²) >= 11 is 0. The second kappa shape index (κ2) is 21.7. The molecule has 0 saturated heterocycles. The van der Waals surface area contributed by atoms with Gasteiger partial charge in [0.05, 0.1) is 0 Å².